The Morgan fingerprint density at radius 3 is 2.80 bits per heavy atom. The molecule has 0 rings (SSSR count). The van der Waals surface area contributed by atoms with Crippen molar-refractivity contribution in [1.29, 1.82) is 0 Å². The molecule has 0 N–H and O–H groups in total. The van der Waals surface area contributed by atoms with Crippen molar-refractivity contribution in [3.05, 3.63) is 0 Å². The van der Waals surface area contributed by atoms with E-state index in [4.69, 9.17) is 4.74 Å². The minimum atomic E-state index is 0.191. The van der Waals surface area contributed by atoms with E-state index >= 15 is 0 Å². The molecule has 2 nitrogen and oxygen atoms in total. The van der Waals surface area contributed by atoms with Crippen LogP contribution in [-0.4, -0.2) is 24.1 Å². The van der Waals surface area contributed by atoms with E-state index in [1.165, 1.54) is 11.8 Å². The van der Waals surface area contributed by atoms with E-state index in [0.717, 1.165) is 25.4 Å². The number of ether oxygens (including phenoxy) is 1. The fraction of sp³-hybridized carbons (Fsp3) is 0.857. The number of hydrogen-bond donors (Lipinski definition) is 0. The van der Waals surface area contributed by atoms with Crippen molar-refractivity contribution in [3.8, 4) is 0 Å². The summed E-state index contributed by atoms with van der Waals surface area (Å²) in [5.74, 6) is 0.884. The van der Waals surface area contributed by atoms with E-state index in [1.807, 2.05) is 6.92 Å². The predicted octanol–water partition coefficient (Wildman–Crippen LogP) is 1.69. The van der Waals surface area contributed by atoms with E-state index in [1.54, 1.807) is 6.92 Å². The first-order chi connectivity index (χ1) is 4.77. The summed E-state index contributed by atoms with van der Waals surface area (Å²) in [7, 11) is 0. The van der Waals surface area contributed by atoms with Gasteiger partial charge in [-0.2, -0.15) is 0 Å². The highest BCUT2D eigenvalue weighted by atomic mass is 32.2. The first-order valence-electron chi connectivity index (χ1n) is 3.48. The smallest absolute Gasteiger partial charge is 0.185 e. The van der Waals surface area contributed by atoms with Crippen LogP contribution in [0.15, 0.2) is 0 Å². The molecule has 3 heteroatoms. The molecule has 0 fully saturated rings. The van der Waals surface area contributed by atoms with Crippen molar-refractivity contribution in [2.75, 3.05) is 19.0 Å². The average Bonchev–Trinajstić information content (AvgIpc) is 1.87. The molecule has 0 aliphatic rings. The lowest BCUT2D eigenvalue weighted by Crippen LogP contribution is -1.95. The molecule has 0 saturated heterocycles. The van der Waals surface area contributed by atoms with Gasteiger partial charge in [0.2, 0.25) is 0 Å². The van der Waals surface area contributed by atoms with Gasteiger partial charge in [-0.15, -0.1) is 0 Å². The minimum absolute atomic E-state index is 0.191. The van der Waals surface area contributed by atoms with Gasteiger partial charge in [0.1, 0.15) is 0 Å². The number of thioether (sulfide) groups is 1. The van der Waals surface area contributed by atoms with Gasteiger partial charge >= 0.3 is 0 Å². The second-order valence-electron chi connectivity index (χ2n) is 1.89. The predicted molar refractivity (Wildman–Crippen MR) is 44.2 cm³/mol. The van der Waals surface area contributed by atoms with Crippen LogP contribution in [-0.2, 0) is 9.53 Å². The summed E-state index contributed by atoms with van der Waals surface area (Å²) >= 11 is 1.36. The average molecular weight is 162 g/mol. The fourth-order valence-electron chi connectivity index (χ4n) is 0.521. The monoisotopic (exact) mass is 162 g/mol. The molecule has 0 aromatic heterocycles. The normalized spacial score (nSPS) is 9.80. The van der Waals surface area contributed by atoms with Gasteiger partial charge in [-0.25, -0.2) is 0 Å². The van der Waals surface area contributed by atoms with Crippen molar-refractivity contribution >= 4 is 16.9 Å². The Morgan fingerprint density at radius 1 is 1.60 bits per heavy atom. The number of carbonyl (C=O) groups is 1. The summed E-state index contributed by atoms with van der Waals surface area (Å²) in [5.41, 5.74) is 0. The Labute approximate surface area is 66.3 Å². The summed E-state index contributed by atoms with van der Waals surface area (Å²) in [6.45, 7) is 5.10. The van der Waals surface area contributed by atoms with Crippen LogP contribution in [0.3, 0.4) is 0 Å². The van der Waals surface area contributed by atoms with Crippen molar-refractivity contribution < 1.29 is 9.53 Å². The van der Waals surface area contributed by atoms with Gasteiger partial charge in [0.05, 0.1) is 0 Å². The summed E-state index contributed by atoms with van der Waals surface area (Å²) in [4.78, 5) is 10.4. The standard InChI is InChI=1S/C7H14O2S/c1-3-9-5-4-6-10-7(2)8/h3-6H2,1-2H3. The van der Waals surface area contributed by atoms with Crippen LogP contribution in [0.25, 0.3) is 0 Å². The molecular weight excluding hydrogens is 148 g/mol. The zero-order valence-corrected chi connectivity index (χ0v) is 7.37. The fourth-order valence-corrected chi connectivity index (χ4v) is 1.07. The lowest BCUT2D eigenvalue weighted by Gasteiger charge is -1.98. The summed E-state index contributed by atoms with van der Waals surface area (Å²) in [5, 5.41) is 0.191. The third kappa shape index (κ3) is 7.98. The molecule has 0 saturated carbocycles. The van der Waals surface area contributed by atoms with Crippen LogP contribution in [0.1, 0.15) is 20.3 Å². The molecule has 0 radical (unpaired) electrons. The van der Waals surface area contributed by atoms with Gasteiger partial charge < -0.3 is 4.74 Å². The molecule has 0 atom stereocenters. The molecule has 0 unspecified atom stereocenters. The van der Waals surface area contributed by atoms with Gasteiger partial charge in [0.15, 0.2) is 5.12 Å². The molecule has 60 valence electrons. The summed E-state index contributed by atoms with van der Waals surface area (Å²) < 4.78 is 5.09. The van der Waals surface area contributed by atoms with Gasteiger partial charge in [-0.1, -0.05) is 11.8 Å². The number of rotatable bonds is 5. The first kappa shape index (κ1) is 9.98. The van der Waals surface area contributed by atoms with Gasteiger partial charge in [-0.05, 0) is 13.3 Å². The summed E-state index contributed by atoms with van der Waals surface area (Å²) in [6, 6.07) is 0. The maximum absolute atomic E-state index is 10.4. The third-order valence-corrected chi connectivity index (χ3v) is 1.84. The highest BCUT2D eigenvalue weighted by Crippen LogP contribution is 2.02. The topological polar surface area (TPSA) is 26.3 Å². The highest BCUT2D eigenvalue weighted by molar-refractivity contribution is 8.13. The molecule has 0 aliphatic carbocycles. The van der Waals surface area contributed by atoms with Crippen molar-refractivity contribution in [1.82, 2.24) is 0 Å². The zero-order valence-electron chi connectivity index (χ0n) is 6.55. The molecular formula is C7H14O2S. The molecule has 0 bridgehead atoms. The largest absolute Gasteiger partial charge is 0.382 e. The Balaban J connectivity index is 2.84. The quantitative estimate of drug-likeness (QED) is 0.575. The van der Waals surface area contributed by atoms with E-state index in [0.29, 0.717) is 0 Å². The second kappa shape index (κ2) is 7.09. The zero-order chi connectivity index (χ0) is 7.82. The van der Waals surface area contributed by atoms with Crippen LogP contribution in [0.5, 0.6) is 0 Å². The van der Waals surface area contributed by atoms with Gasteiger partial charge in [0.25, 0.3) is 0 Å². The van der Waals surface area contributed by atoms with Gasteiger partial charge in [0, 0.05) is 25.9 Å². The number of carbonyl (C=O) groups excluding carboxylic acids is 1. The lowest BCUT2D eigenvalue weighted by molar-refractivity contribution is -0.109. The Bertz CT molecular complexity index is 93.6. The SMILES string of the molecule is CCOCCCSC(C)=O. The molecule has 0 amide bonds. The highest BCUT2D eigenvalue weighted by Gasteiger charge is 1.92. The molecule has 0 aromatic carbocycles. The van der Waals surface area contributed by atoms with E-state index in [2.05, 4.69) is 0 Å². The van der Waals surface area contributed by atoms with E-state index in [-0.39, 0.29) is 5.12 Å². The molecule has 0 heterocycles. The van der Waals surface area contributed by atoms with Crippen LogP contribution < -0.4 is 0 Å². The third-order valence-electron chi connectivity index (χ3n) is 0.942. The summed E-state index contributed by atoms with van der Waals surface area (Å²) in [6.07, 6.45) is 0.970. The van der Waals surface area contributed by atoms with E-state index in [9.17, 15) is 4.79 Å². The maximum Gasteiger partial charge on any atom is 0.185 e. The Hall–Kier alpha value is -0.0200. The van der Waals surface area contributed by atoms with Crippen molar-refractivity contribution in [2.24, 2.45) is 0 Å². The van der Waals surface area contributed by atoms with Gasteiger partial charge in [-0.3, -0.25) is 4.79 Å². The van der Waals surface area contributed by atoms with Crippen LogP contribution in [0.2, 0.25) is 0 Å². The van der Waals surface area contributed by atoms with Crippen LogP contribution in [0, 0.1) is 0 Å². The lowest BCUT2D eigenvalue weighted by atomic mass is 10.5. The molecule has 0 spiro atoms. The van der Waals surface area contributed by atoms with Crippen molar-refractivity contribution in [3.63, 3.8) is 0 Å². The number of hydrogen-bond acceptors (Lipinski definition) is 3. The Kier molecular flexibility index (Phi) is 7.08. The first-order valence-corrected chi connectivity index (χ1v) is 4.47. The minimum Gasteiger partial charge on any atom is -0.382 e. The molecule has 0 aromatic rings. The second-order valence-corrected chi connectivity index (χ2v) is 3.16. The van der Waals surface area contributed by atoms with Crippen LogP contribution >= 0.6 is 11.8 Å². The van der Waals surface area contributed by atoms with E-state index < -0.39 is 0 Å². The van der Waals surface area contributed by atoms with Crippen LogP contribution in [0.4, 0.5) is 0 Å². The molecule has 0 aliphatic heterocycles. The maximum atomic E-state index is 10.4. The molecule has 10 heavy (non-hydrogen) atoms. The van der Waals surface area contributed by atoms with Crippen molar-refractivity contribution in [2.45, 2.75) is 20.3 Å². The Morgan fingerprint density at radius 2 is 2.30 bits per heavy atom.